The number of rotatable bonds is 7. The van der Waals surface area contributed by atoms with Gasteiger partial charge in [0.2, 0.25) is 0 Å². The van der Waals surface area contributed by atoms with Gasteiger partial charge in [-0.1, -0.05) is 30.9 Å². The van der Waals surface area contributed by atoms with Gasteiger partial charge < -0.3 is 24.2 Å². The van der Waals surface area contributed by atoms with Gasteiger partial charge in [0.25, 0.3) is 11.7 Å². The number of ether oxygens (including phenoxy) is 3. The maximum atomic E-state index is 13.3. The van der Waals surface area contributed by atoms with Crippen molar-refractivity contribution in [3.8, 4) is 17.2 Å². The molecule has 0 saturated carbocycles. The Morgan fingerprint density at radius 1 is 1.11 bits per heavy atom. The minimum atomic E-state index is -0.842. The first kappa shape index (κ1) is 23.2. The van der Waals surface area contributed by atoms with E-state index in [9.17, 15) is 14.7 Å². The number of hydrogen-bond donors (Lipinski definition) is 1. The van der Waals surface area contributed by atoms with Crippen molar-refractivity contribution < 1.29 is 28.9 Å². The van der Waals surface area contributed by atoms with Gasteiger partial charge in [0.1, 0.15) is 31.3 Å². The fourth-order valence-corrected chi connectivity index (χ4v) is 4.35. The Balaban J connectivity index is 1.62. The molecule has 1 atom stereocenters. The smallest absolute Gasteiger partial charge is 0.295 e. The quantitative estimate of drug-likeness (QED) is 0.234. The van der Waals surface area contributed by atoms with E-state index in [1.807, 2.05) is 6.07 Å². The van der Waals surface area contributed by atoms with Crippen LogP contribution in [0.2, 0.25) is 0 Å². The van der Waals surface area contributed by atoms with Crippen LogP contribution in [-0.2, 0) is 16.1 Å². The molecule has 8 nitrogen and oxygen atoms in total. The van der Waals surface area contributed by atoms with Gasteiger partial charge in [0.05, 0.1) is 11.6 Å². The average Bonchev–Trinajstić information content (AvgIpc) is 3.17. The summed E-state index contributed by atoms with van der Waals surface area (Å²) in [4.78, 5) is 32.1. The van der Waals surface area contributed by atoms with Gasteiger partial charge >= 0.3 is 0 Å². The van der Waals surface area contributed by atoms with E-state index < -0.39 is 17.7 Å². The number of hydrogen-bond acceptors (Lipinski definition) is 7. The third-order valence-corrected chi connectivity index (χ3v) is 5.97. The van der Waals surface area contributed by atoms with Crippen LogP contribution in [-0.4, -0.2) is 46.5 Å². The molecule has 1 aromatic heterocycles. The number of Topliss-reactive ketones (excluding diaryl/α,β-unsaturated/α-hetero) is 1. The number of likely N-dealkylation sites (tertiary alicyclic amines) is 1. The zero-order chi connectivity index (χ0) is 25.1. The summed E-state index contributed by atoms with van der Waals surface area (Å²) in [5.41, 5.74) is 1.71. The van der Waals surface area contributed by atoms with Crippen molar-refractivity contribution in [1.82, 2.24) is 9.88 Å². The van der Waals surface area contributed by atoms with Crippen LogP contribution in [0.1, 0.15) is 22.7 Å². The summed E-state index contributed by atoms with van der Waals surface area (Å²) in [6.45, 7) is 4.92. The van der Waals surface area contributed by atoms with Crippen LogP contribution in [0.25, 0.3) is 5.76 Å². The molecule has 36 heavy (non-hydrogen) atoms. The van der Waals surface area contributed by atoms with Crippen molar-refractivity contribution in [3.63, 3.8) is 0 Å². The molecule has 1 N–H and O–H groups in total. The number of benzene rings is 2. The number of pyridine rings is 1. The first-order valence-corrected chi connectivity index (χ1v) is 11.5. The second-order valence-corrected chi connectivity index (χ2v) is 8.32. The number of amides is 1. The minimum absolute atomic E-state index is 0.0126. The molecule has 0 bridgehead atoms. The topological polar surface area (TPSA) is 98.2 Å². The van der Waals surface area contributed by atoms with Crippen molar-refractivity contribution >= 4 is 17.4 Å². The fraction of sp³-hybridized carbons (Fsp3) is 0.179. The summed E-state index contributed by atoms with van der Waals surface area (Å²) in [7, 11) is 0. The number of ketones is 1. The van der Waals surface area contributed by atoms with Crippen LogP contribution in [0.3, 0.4) is 0 Å². The lowest BCUT2D eigenvalue weighted by atomic mass is 9.95. The molecule has 0 unspecified atom stereocenters. The third-order valence-electron chi connectivity index (χ3n) is 5.97. The molecule has 2 aliphatic heterocycles. The normalized spacial score (nSPS) is 18.2. The molecule has 0 radical (unpaired) electrons. The van der Waals surface area contributed by atoms with Crippen molar-refractivity contribution in [2.24, 2.45) is 0 Å². The number of nitrogens with zero attached hydrogens (tertiary/aromatic N) is 2. The highest BCUT2D eigenvalue weighted by Crippen LogP contribution is 2.42. The second-order valence-electron chi connectivity index (χ2n) is 8.32. The first-order chi connectivity index (χ1) is 17.6. The van der Waals surface area contributed by atoms with Crippen molar-refractivity contribution in [2.75, 3.05) is 19.8 Å². The molecule has 2 aliphatic rings. The summed E-state index contributed by atoms with van der Waals surface area (Å²) in [5.74, 6) is -0.195. The minimum Gasteiger partial charge on any atom is -0.507 e. The molecule has 2 aromatic carbocycles. The molecule has 3 heterocycles. The van der Waals surface area contributed by atoms with Crippen LogP contribution < -0.4 is 14.2 Å². The van der Waals surface area contributed by atoms with Gasteiger partial charge in [-0.25, -0.2) is 0 Å². The molecule has 1 fully saturated rings. The summed E-state index contributed by atoms with van der Waals surface area (Å²) >= 11 is 0. The SMILES string of the molecule is C=CCOc1cccc([C@H]2C(=C(O)c3ccc4c(c3)OCCO4)C(=O)C(=O)N2Cc2cccnc2)c1. The Bertz CT molecular complexity index is 1350. The van der Waals surface area contributed by atoms with E-state index in [-0.39, 0.29) is 17.9 Å². The number of carbonyl (C=O) groups excluding carboxylic acids is 2. The number of carbonyl (C=O) groups is 2. The molecule has 5 rings (SSSR count). The largest absolute Gasteiger partial charge is 0.507 e. The molecule has 182 valence electrons. The molecule has 0 aliphatic carbocycles. The highest BCUT2D eigenvalue weighted by molar-refractivity contribution is 6.46. The Labute approximate surface area is 208 Å². The molecule has 1 saturated heterocycles. The highest BCUT2D eigenvalue weighted by Gasteiger charge is 2.46. The van der Waals surface area contributed by atoms with E-state index in [0.717, 1.165) is 5.56 Å². The highest BCUT2D eigenvalue weighted by atomic mass is 16.6. The molecule has 1 amide bonds. The lowest BCUT2D eigenvalue weighted by Gasteiger charge is -2.26. The van der Waals surface area contributed by atoms with E-state index in [1.165, 1.54) is 4.90 Å². The van der Waals surface area contributed by atoms with Gasteiger partial charge in [-0.15, -0.1) is 0 Å². The van der Waals surface area contributed by atoms with Crippen LogP contribution in [0.15, 0.2) is 85.2 Å². The Morgan fingerprint density at radius 2 is 1.94 bits per heavy atom. The third kappa shape index (κ3) is 4.40. The average molecular weight is 485 g/mol. The molecule has 0 spiro atoms. The van der Waals surface area contributed by atoms with Gasteiger partial charge in [-0.05, 0) is 47.5 Å². The van der Waals surface area contributed by atoms with Crippen molar-refractivity contribution in [2.45, 2.75) is 12.6 Å². The summed E-state index contributed by atoms with van der Waals surface area (Å²) in [5, 5.41) is 11.4. The predicted molar refractivity (Wildman–Crippen MR) is 132 cm³/mol. The number of aromatic nitrogens is 1. The molecule has 8 heteroatoms. The Morgan fingerprint density at radius 3 is 2.72 bits per heavy atom. The van der Waals surface area contributed by atoms with Gasteiger partial charge in [0, 0.05) is 24.5 Å². The summed E-state index contributed by atoms with van der Waals surface area (Å²) in [6.07, 6.45) is 4.90. The van der Waals surface area contributed by atoms with Crippen molar-refractivity contribution in [3.05, 3.63) is 102 Å². The van der Waals surface area contributed by atoms with Crippen LogP contribution in [0.5, 0.6) is 17.2 Å². The van der Waals surface area contributed by atoms with E-state index in [2.05, 4.69) is 11.6 Å². The number of aliphatic hydroxyl groups is 1. The summed E-state index contributed by atoms with van der Waals surface area (Å²) < 4.78 is 16.9. The predicted octanol–water partition coefficient (Wildman–Crippen LogP) is 4.04. The van der Waals surface area contributed by atoms with E-state index in [1.54, 1.807) is 67.0 Å². The van der Waals surface area contributed by atoms with Crippen LogP contribution in [0.4, 0.5) is 0 Å². The molecular formula is C28H24N2O6. The first-order valence-electron chi connectivity index (χ1n) is 11.5. The zero-order valence-corrected chi connectivity index (χ0v) is 19.4. The maximum absolute atomic E-state index is 13.3. The van der Waals surface area contributed by atoms with E-state index in [4.69, 9.17) is 14.2 Å². The monoisotopic (exact) mass is 484 g/mol. The van der Waals surface area contributed by atoms with Gasteiger partial charge in [-0.3, -0.25) is 14.6 Å². The molecule has 3 aromatic rings. The van der Waals surface area contributed by atoms with E-state index in [0.29, 0.717) is 48.2 Å². The number of aliphatic hydroxyl groups excluding tert-OH is 1. The Hall–Kier alpha value is -4.59. The summed E-state index contributed by atoms with van der Waals surface area (Å²) in [6, 6.07) is 14.8. The van der Waals surface area contributed by atoms with Gasteiger partial charge in [-0.2, -0.15) is 0 Å². The Kier molecular flexibility index (Phi) is 6.40. The lowest BCUT2D eigenvalue weighted by Crippen LogP contribution is -2.29. The van der Waals surface area contributed by atoms with Crippen LogP contribution in [0, 0.1) is 0 Å². The standard InChI is InChI=1S/C28H24N2O6/c1-2-11-34-21-7-3-6-19(14-21)25-24(26(31)20-8-9-22-23(15-20)36-13-12-35-22)27(32)28(33)30(25)17-18-5-4-10-29-16-18/h2-10,14-16,25,31H,1,11-13,17H2/t25-/m0/s1. The maximum Gasteiger partial charge on any atom is 0.295 e. The molecular weight excluding hydrogens is 460 g/mol. The van der Waals surface area contributed by atoms with E-state index >= 15 is 0 Å². The lowest BCUT2D eigenvalue weighted by molar-refractivity contribution is -0.140. The van der Waals surface area contributed by atoms with Crippen molar-refractivity contribution in [1.29, 1.82) is 0 Å². The van der Waals surface area contributed by atoms with Crippen LogP contribution >= 0.6 is 0 Å². The second kappa shape index (κ2) is 9.95. The number of fused-ring (bicyclic) bond motifs is 1. The van der Waals surface area contributed by atoms with Gasteiger partial charge in [0.15, 0.2) is 11.5 Å². The fourth-order valence-electron chi connectivity index (χ4n) is 4.35. The zero-order valence-electron chi connectivity index (χ0n) is 19.4.